The highest BCUT2D eigenvalue weighted by molar-refractivity contribution is 9.10. The monoisotopic (exact) mass is 240 g/mol. The molecule has 0 unspecified atom stereocenters. The summed E-state index contributed by atoms with van der Waals surface area (Å²) in [7, 11) is 0. The smallest absolute Gasteiger partial charge is 0.417 e. The molecule has 0 aliphatic carbocycles. The van der Waals surface area contributed by atoms with Gasteiger partial charge in [-0.2, -0.15) is 0 Å². The molecule has 0 aromatic carbocycles. The Bertz CT molecular complexity index is 478. The first kappa shape index (κ1) is 8.25. The number of hydrogen-bond donors (Lipinski definition) is 1. The van der Waals surface area contributed by atoms with E-state index in [1.807, 2.05) is 0 Å². The van der Waals surface area contributed by atoms with Gasteiger partial charge in [0.15, 0.2) is 5.65 Å². The van der Waals surface area contributed by atoms with Crippen LogP contribution in [0.1, 0.15) is 0 Å². The molecule has 4 nitrogen and oxygen atoms in total. The van der Waals surface area contributed by atoms with Crippen LogP contribution in [0, 0.1) is 0 Å². The predicted octanol–water partition coefficient (Wildman–Crippen LogP) is 2.32. The lowest BCUT2D eigenvalue weighted by Crippen LogP contribution is -2.06. The zero-order valence-electron chi connectivity index (χ0n) is 6.44. The Kier molecular flexibility index (Phi) is 1.81. The van der Waals surface area contributed by atoms with E-state index in [1.165, 1.54) is 6.20 Å². The van der Waals surface area contributed by atoms with Gasteiger partial charge in [0.25, 0.3) is 0 Å². The van der Waals surface area contributed by atoms with Gasteiger partial charge < -0.3 is 5.11 Å². The normalized spacial score (nSPS) is 10.5. The van der Waals surface area contributed by atoms with Crippen molar-refractivity contribution in [1.82, 2.24) is 9.55 Å². The van der Waals surface area contributed by atoms with Gasteiger partial charge in [-0.3, -0.25) is 0 Å². The molecule has 13 heavy (non-hydrogen) atoms. The molecule has 0 saturated heterocycles. The lowest BCUT2D eigenvalue weighted by atomic mass is 10.3. The minimum atomic E-state index is -1.03. The van der Waals surface area contributed by atoms with E-state index in [-0.39, 0.29) is 0 Å². The van der Waals surface area contributed by atoms with E-state index >= 15 is 0 Å². The predicted molar refractivity (Wildman–Crippen MR) is 50.9 cm³/mol. The first-order valence-corrected chi connectivity index (χ1v) is 4.34. The van der Waals surface area contributed by atoms with Crippen LogP contribution in [-0.4, -0.2) is 20.8 Å². The topological polar surface area (TPSA) is 55.1 Å². The van der Waals surface area contributed by atoms with Crippen molar-refractivity contribution in [3.05, 3.63) is 29.0 Å². The van der Waals surface area contributed by atoms with Gasteiger partial charge in [0.2, 0.25) is 0 Å². The van der Waals surface area contributed by atoms with Crippen LogP contribution < -0.4 is 0 Å². The molecule has 5 heteroatoms. The maximum absolute atomic E-state index is 10.7. The minimum absolute atomic E-state index is 0.446. The van der Waals surface area contributed by atoms with Crippen LogP contribution in [-0.2, 0) is 0 Å². The van der Waals surface area contributed by atoms with Gasteiger partial charge in [0.05, 0.1) is 0 Å². The number of aromatic nitrogens is 2. The molecular formula is C8H5BrN2O2. The average Bonchev–Trinajstić information content (AvgIpc) is 2.48. The number of carboxylic acid groups (broad SMARTS) is 1. The van der Waals surface area contributed by atoms with E-state index in [9.17, 15) is 4.79 Å². The Morgan fingerprint density at radius 3 is 3.00 bits per heavy atom. The quantitative estimate of drug-likeness (QED) is 0.769. The highest BCUT2D eigenvalue weighted by atomic mass is 79.9. The number of carbonyl (C=O) groups is 1. The molecule has 0 bridgehead atoms. The second-order valence-electron chi connectivity index (χ2n) is 2.50. The first-order valence-electron chi connectivity index (χ1n) is 3.55. The van der Waals surface area contributed by atoms with Crippen LogP contribution in [0.3, 0.4) is 0 Å². The highest BCUT2D eigenvalue weighted by Crippen LogP contribution is 2.22. The summed E-state index contributed by atoms with van der Waals surface area (Å²) in [5, 5.41) is 9.57. The van der Waals surface area contributed by atoms with E-state index in [0.717, 1.165) is 14.4 Å². The minimum Gasteiger partial charge on any atom is -0.464 e. The van der Waals surface area contributed by atoms with Crippen molar-refractivity contribution in [3.8, 4) is 0 Å². The summed E-state index contributed by atoms with van der Waals surface area (Å²) in [4.78, 5) is 14.7. The molecule has 2 heterocycles. The number of halogens is 1. The van der Waals surface area contributed by atoms with Gasteiger partial charge in [-0.25, -0.2) is 14.3 Å². The van der Waals surface area contributed by atoms with Gasteiger partial charge >= 0.3 is 6.09 Å². The van der Waals surface area contributed by atoms with Crippen LogP contribution in [0.15, 0.2) is 29.0 Å². The molecule has 0 saturated carbocycles. The summed E-state index contributed by atoms with van der Waals surface area (Å²) < 4.78 is 1.93. The van der Waals surface area contributed by atoms with Crippen molar-refractivity contribution in [3.63, 3.8) is 0 Å². The Balaban J connectivity index is 2.83. The molecule has 0 amide bonds. The fraction of sp³-hybridized carbons (Fsp3) is 0. The molecule has 0 radical (unpaired) electrons. The molecule has 0 aliphatic rings. The summed E-state index contributed by atoms with van der Waals surface area (Å²) in [6.45, 7) is 0. The molecule has 0 spiro atoms. The molecule has 66 valence electrons. The van der Waals surface area contributed by atoms with E-state index in [0.29, 0.717) is 5.65 Å². The van der Waals surface area contributed by atoms with Crippen LogP contribution in [0.25, 0.3) is 11.0 Å². The molecule has 0 atom stereocenters. The van der Waals surface area contributed by atoms with Crippen LogP contribution in [0.4, 0.5) is 4.79 Å². The van der Waals surface area contributed by atoms with Crippen LogP contribution >= 0.6 is 15.9 Å². The third-order valence-electron chi connectivity index (χ3n) is 1.74. The summed E-state index contributed by atoms with van der Waals surface area (Å²) in [5.74, 6) is 0. The van der Waals surface area contributed by atoms with Crippen molar-refractivity contribution in [2.45, 2.75) is 0 Å². The molecule has 2 aromatic rings. The zero-order chi connectivity index (χ0) is 9.42. The standard InChI is InChI=1S/C8H5BrN2O2/c9-6-1-3-10-7-5(6)2-4-11(7)8(12)13/h1-4H,(H,12,13). The number of fused-ring (bicyclic) bond motifs is 1. The fourth-order valence-corrected chi connectivity index (χ4v) is 1.59. The maximum Gasteiger partial charge on any atom is 0.417 e. The lowest BCUT2D eigenvalue weighted by Gasteiger charge is -1.96. The Morgan fingerprint density at radius 2 is 2.31 bits per heavy atom. The lowest BCUT2D eigenvalue weighted by molar-refractivity contribution is 0.197. The Labute approximate surface area is 81.9 Å². The molecule has 2 rings (SSSR count). The molecule has 2 aromatic heterocycles. The van der Waals surface area contributed by atoms with Crippen LogP contribution in [0.5, 0.6) is 0 Å². The Hall–Kier alpha value is -1.36. The van der Waals surface area contributed by atoms with Gasteiger partial charge in [0, 0.05) is 22.3 Å². The fourth-order valence-electron chi connectivity index (χ4n) is 1.16. The summed E-state index contributed by atoms with van der Waals surface area (Å²) in [6.07, 6.45) is 2.01. The molecule has 0 aliphatic heterocycles. The summed E-state index contributed by atoms with van der Waals surface area (Å²) in [6, 6.07) is 3.48. The van der Waals surface area contributed by atoms with Crippen molar-refractivity contribution in [2.75, 3.05) is 0 Å². The first-order chi connectivity index (χ1) is 6.20. The molecular weight excluding hydrogens is 236 g/mol. The van der Waals surface area contributed by atoms with Crippen molar-refractivity contribution in [2.24, 2.45) is 0 Å². The van der Waals surface area contributed by atoms with E-state index < -0.39 is 6.09 Å². The van der Waals surface area contributed by atoms with Crippen molar-refractivity contribution >= 4 is 33.1 Å². The highest BCUT2D eigenvalue weighted by Gasteiger charge is 2.08. The van der Waals surface area contributed by atoms with Crippen molar-refractivity contribution in [1.29, 1.82) is 0 Å². The molecule has 1 N–H and O–H groups in total. The zero-order valence-corrected chi connectivity index (χ0v) is 8.02. The third kappa shape index (κ3) is 1.21. The average molecular weight is 241 g/mol. The largest absolute Gasteiger partial charge is 0.464 e. The van der Waals surface area contributed by atoms with Crippen LogP contribution in [0.2, 0.25) is 0 Å². The van der Waals surface area contributed by atoms with E-state index in [1.54, 1.807) is 18.3 Å². The second-order valence-corrected chi connectivity index (χ2v) is 3.35. The number of rotatable bonds is 0. The number of hydrogen-bond acceptors (Lipinski definition) is 2. The van der Waals surface area contributed by atoms with Crippen molar-refractivity contribution < 1.29 is 9.90 Å². The summed E-state index contributed by atoms with van der Waals surface area (Å²) in [5.41, 5.74) is 0.446. The Morgan fingerprint density at radius 1 is 1.54 bits per heavy atom. The van der Waals surface area contributed by atoms with Gasteiger partial charge in [-0.1, -0.05) is 0 Å². The number of nitrogens with zero attached hydrogens (tertiary/aromatic N) is 2. The third-order valence-corrected chi connectivity index (χ3v) is 2.43. The van der Waals surface area contributed by atoms with Gasteiger partial charge in [-0.15, -0.1) is 0 Å². The van der Waals surface area contributed by atoms with Gasteiger partial charge in [0.1, 0.15) is 0 Å². The molecule has 0 fully saturated rings. The second kappa shape index (κ2) is 2.85. The maximum atomic E-state index is 10.7. The summed E-state index contributed by atoms with van der Waals surface area (Å²) >= 11 is 3.31. The SMILES string of the molecule is O=C(O)n1ccc2c(Br)ccnc21. The van der Waals surface area contributed by atoms with E-state index in [4.69, 9.17) is 5.11 Å². The van der Waals surface area contributed by atoms with E-state index in [2.05, 4.69) is 20.9 Å². The van der Waals surface area contributed by atoms with Gasteiger partial charge in [-0.05, 0) is 28.1 Å². The number of pyridine rings is 1.